The molecule has 1 saturated heterocycles. The van der Waals surface area contributed by atoms with Gasteiger partial charge in [0.1, 0.15) is 24.0 Å². The number of furan rings is 1. The molecule has 0 saturated carbocycles. The third-order valence-electron chi connectivity index (χ3n) is 4.93. The van der Waals surface area contributed by atoms with E-state index in [1.807, 2.05) is 37.3 Å². The number of anilines is 2. The van der Waals surface area contributed by atoms with Crippen LogP contribution < -0.4 is 11.1 Å². The first kappa shape index (κ1) is 19.4. The summed E-state index contributed by atoms with van der Waals surface area (Å²) >= 11 is 0. The summed E-state index contributed by atoms with van der Waals surface area (Å²) in [6, 6.07) is 9.39. The van der Waals surface area contributed by atoms with E-state index < -0.39 is 0 Å². The fourth-order valence-corrected chi connectivity index (χ4v) is 3.41. The zero-order valence-electron chi connectivity index (χ0n) is 17.0. The molecule has 1 fully saturated rings. The van der Waals surface area contributed by atoms with Crippen molar-refractivity contribution < 1.29 is 13.9 Å². The lowest BCUT2D eigenvalue weighted by Crippen LogP contribution is -2.18. The van der Waals surface area contributed by atoms with Crippen LogP contribution in [0.2, 0.25) is 0 Å². The number of hydrogen-bond donors (Lipinski definition) is 2. The van der Waals surface area contributed by atoms with Crippen LogP contribution in [-0.2, 0) is 16.0 Å². The largest absolute Gasteiger partial charge is 0.460 e. The third-order valence-corrected chi connectivity index (χ3v) is 4.93. The van der Waals surface area contributed by atoms with Crippen molar-refractivity contribution in [3.05, 3.63) is 41.8 Å². The van der Waals surface area contributed by atoms with E-state index in [0.29, 0.717) is 48.3 Å². The number of nitrogens with zero attached hydrogens (tertiary/aromatic N) is 6. The Kier molecular flexibility index (Phi) is 5.18. The first-order valence-electron chi connectivity index (χ1n) is 9.98. The van der Waals surface area contributed by atoms with Crippen LogP contribution in [-0.4, -0.2) is 56.0 Å². The van der Waals surface area contributed by atoms with Crippen LogP contribution in [0.1, 0.15) is 17.9 Å². The van der Waals surface area contributed by atoms with Gasteiger partial charge in [-0.05, 0) is 37.6 Å². The number of fused-ring (bicyclic) bond motifs is 1. The van der Waals surface area contributed by atoms with E-state index >= 15 is 0 Å². The fourth-order valence-electron chi connectivity index (χ4n) is 3.41. The maximum atomic E-state index is 5.94. The second kappa shape index (κ2) is 8.28. The molecule has 31 heavy (non-hydrogen) atoms. The predicted molar refractivity (Wildman–Crippen MR) is 112 cm³/mol. The Morgan fingerprint density at radius 2 is 2.16 bits per heavy atom. The molecule has 0 aliphatic carbocycles. The van der Waals surface area contributed by atoms with E-state index in [-0.39, 0.29) is 12.1 Å². The maximum absolute atomic E-state index is 5.94. The van der Waals surface area contributed by atoms with Gasteiger partial charge in [-0.15, -0.1) is 5.10 Å². The number of rotatable bonds is 7. The van der Waals surface area contributed by atoms with Crippen LogP contribution >= 0.6 is 0 Å². The predicted octanol–water partition coefficient (Wildman–Crippen LogP) is 1.99. The molecule has 4 aromatic rings. The van der Waals surface area contributed by atoms with Crippen molar-refractivity contribution in [3.8, 4) is 11.5 Å². The SMILES string of the molecule is Cc1ccc(-c2nc(N)nc3c2nnn3Cc2cccc(NCOC3CCOC3)n2)o1. The van der Waals surface area contributed by atoms with Crippen molar-refractivity contribution in [2.24, 2.45) is 0 Å². The molecule has 0 aromatic carbocycles. The number of aromatic nitrogens is 6. The Hall–Kier alpha value is -3.57. The van der Waals surface area contributed by atoms with Crippen LogP contribution in [0.25, 0.3) is 22.6 Å². The minimum Gasteiger partial charge on any atom is -0.460 e. The Morgan fingerprint density at radius 1 is 1.23 bits per heavy atom. The Balaban J connectivity index is 1.35. The molecule has 160 valence electrons. The van der Waals surface area contributed by atoms with E-state index in [1.165, 1.54) is 0 Å². The van der Waals surface area contributed by atoms with Gasteiger partial charge in [-0.2, -0.15) is 4.98 Å². The molecule has 1 aliphatic rings. The molecule has 1 atom stereocenters. The van der Waals surface area contributed by atoms with Crippen molar-refractivity contribution in [2.45, 2.75) is 26.0 Å². The fraction of sp³-hybridized carbons (Fsp3) is 0.350. The summed E-state index contributed by atoms with van der Waals surface area (Å²) in [6.07, 6.45) is 1.05. The van der Waals surface area contributed by atoms with Gasteiger partial charge in [-0.1, -0.05) is 11.3 Å². The van der Waals surface area contributed by atoms with Crippen LogP contribution in [0.15, 0.2) is 34.7 Å². The van der Waals surface area contributed by atoms with Gasteiger partial charge < -0.3 is 24.9 Å². The number of nitrogens with one attached hydrogen (secondary N) is 1. The summed E-state index contributed by atoms with van der Waals surface area (Å²) in [7, 11) is 0. The van der Waals surface area contributed by atoms with Gasteiger partial charge in [0.15, 0.2) is 16.9 Å². The van der Waals surface area contributed by atoms with Gasteiger partial charge in [0.2, 0.25) is 5.95 Å². The summed E-state index contributed by atoms with van der Waals surface area (Å²) < 4.78 is 18.4. The number of pyridine rings is 1. The van der Waals surface area contributed by atoms with Crippen LogP contribution in [0.5, 0.6) is 0 Å². The molecular weight excluding hydrogens is 400 g/mol. The van der Waals surface area contributed by atoms with Crippen LogP contribution in [0, 0.1) is 6.92 Å². The molecule has 0 amide bonds. The lowest BCUT2D eigenvalue weighted by atomic mass is 10.3. The number of nitrogens with two attached hydrogens (primary N) is 1. The van der Waals surface area contributed by atoms with Crippen molar-refractivity contribution >= 4 is 22.9 Å². The molecular formula is C20H22N8O3. The number of nitrogen functional groups attached to an aromatic ring is 1. The first-order valence-corrected chi connectivity index (χ1v) is 9.98. The van der Waals surface area contributed by atoms with Crippen molar-refractivity contribution in [3.63, 3.8) is 0 Å². The lowest BCUT2D eigenvalue weighted by Gasteiger charge is -2.12. The molecule has 1 unspecified atom stereocenters. The van der Waals surface area contributed by atoms with Gasteiger partial charge in [0.05, 0.1) is 24.9 Å². The zero-order chi connectivity index (χ0) is 21.2. The summed E-state index contributed by atoms with van der Waals surface area (Å²) in [5, 5.41) is 11.7. The molecule has 11 nitrogen and oxygen atoms in total. The average Bonchev–Trinajstić information content (AvgIpc) is 3.50. The van der Waals surface area contributed by atoms with E-state index in [0.717, 1.165) is 24.5 Å². The van der Waals surface area contributed by atoms with E-state index in [2.05, 4.69) is 30.6 Å². The van der Waals surface area contributed by atoms with Crippen molar-refractivity contribution in [1.29, 1.82) is 0 Å². The van der Waals surface area contributed by atoms with Gasteiger partial charge in [0.25, 0.3) is 0 Å². The standard InChI is InChI=1S/C20H22N8O3/c1-12-5-6-15(31-12)17-18-19(25-20(21)24-17)28(27-26-18)9-13-3-2-4-16(23-13)22-11-30-14-7-8-29-10-14/h2-6,14H,7-11H2,1H3,(H,22,23)(H2,21,24,25). The number of hydrogen-bond acceptors (Lipinski definition) is 10. The smallest absolute Gasteiger partial charge is 0.222 e. The van der Waals surface area contributed by atoms with Gasteiger partial charge in [-0.3, -0.25) is 0 Å². The van der Waals surface area contributed by atoms with Gasteiger partial charge in [-0.25, -0.2) is 14.6 Å². The number of aryl methyl sites for hydroxylation is 1. The minimum atomic E-state index is 0.122. The molecule has 5 rings (SSSR count). The van der Waals surface area contributed by atoms with Gasteiger partial charge in [0, 0.05) is 6.61 Å². The first-order chi connectivity index (χ1) is 15.2. The minimum absolute atomic E-state index is 0.122. The van der Waals surface area contributed by atoms with E-state index in [1.54, 1.807) is 4.68 Å². The van der Waals surface area contributed by atoms with Crippen LogP contribution in [0.3, 0.4) is 0 Å². The average molecular weight is 422 g/mol. The van der Waals surface area contributed by atoms with Crippen molar-refractivity contribution in [1.82, 2.24) is 29.9 Å². The molecule has 4 aromatic heterocycles. The molecule has 3 N–H and O–H groups in total. The highest BCUT2D eigenvalue weighted by molar-refractivity contribution is 5.86. The summed E-state index contributed by atoms with van der Waals surface area (Å²) in [5.74, 6) is 2.17. The molecule has 0 radical (unpaired) electrons. The molecule has 11 heteroatoms. The van der Waals surface area contributed by atoms with E-state index in [4.69, 9.17) is 19.6 Å². The normalized spacial score (nSPS) is 16.2. The highest BCUT2D eigenvalue weighted by Gasteiger charge is 2.18. The maximum Gasteiger partial charge on any atom is 0.222 e. The lowest BCUT2D eigenvalue weighted by molar-refractivity contribution is 0.0538. The highest BCUT2D eigenvalue weighted by atomic mass is 16.5. The monoisotopic (exact) mass is 422 g/mol. The summed E-state index contributed by atoms with van der Waals surface area (Å²) in [4.78, 5) is 13.2. The van der Waals surface area contributed by atoms with Gasteiger partial charge >= 0.3 is 0 Å². The summed E-state index contributed by atoms with van der Waals surface area (Å²) in [6.45, 7) is 3.99. The third kappa shape index (κ3) is 4.18. The van der Waals surface area contributed by atoms with E-state index in [9.17, 15) is 0 Å². The molecule has 0 bridgehead atoms. The molecule has 1 aliphatic heterocycles. The molecule has 0 spiro atoms. The van der Waals surface area contributed by atoms with Crippen molar-refractivity contribution in [2.75, 3.05) is 31.0 Å². The van der Waals surface area contributed by atoms with Crippen LogP contribution in [0.4, 0.5) is 11.8 Å². The zero-order valence-corrected chi connectivity index (χ0v) is 17.0. The highest BCUT2D eigenvalue weighted by Crippen LogP contribution is 2.27. The quantitative estimate of drug-likeness (QED) is 0.425. The Labute approximate surface area is 177 Å². The second-order valence-electron chi connectivity index (χ2n) is 7.25. The molecule has 5 heterocycles. The number of ether oxygens (including phenoxy) is 2. The Bertz CT molecular complexity index is 1200. The summed E-state index contributed by atoms with van der Waals surface area (Å²) in [5.41, 5.74) is 8.27. The topological polar surface area (TPSA) is 139 Å². The Morgan fingerprint density at radius 3 is 2.97 bits per heavy atom. The second-order valence-corrected chi connectivity index (χ2v) is 7.25.